The van der Waals surface area contributed by atoms with E-state index in [9.17, 15) is 0 Å². The lowest BCUT2D eigenvalue weighted by Crippen LogP contribution is -2.22. The molecule has 0 aromatic heterocycles. The van der Waals surface area contributed by atoms with Gasteiger partial charge in [0.2, 0.25) is 0 Å². The molecule has 0 amide bonds. The van der Waals surface area contributed by atoms with Crippen LogP contribution in [0.3, 0.4) is 0 Å². The molecule has 0 fully saturated rings. The van der Waals surface area contributed by atoms with Crippen LogP contribution < -0.4 is 10.1 Å². The number of rotatable bonds is 7. The van der Waals surface area contributed by atoms with Gasteiger partial charge in [0.25, 0.3) is 0 Å². The molecule has 0 aliphatic carbocycles. The van der Waals surface area contributed by atoms with Crippen molar-refractivity contribution < 1.29 is 4.74 Å². The molecule has 2 aromatic carbocycles. The number of halogens is 1. The number of nitrogens with one attached hydrogen (secondary N) is 1. The average Bonchev–Trinajstić information content (AvgIpc) is 2.48. The van der Waals surface area contributed by atoms with Crippen LogP contribution in [-0.4, -0.2) is 12.6 Å². The van der Waals surface area contributed by atoms with Crippen LogP contribution in [0.5, 0.6) is 5.75 Å². The van der Waals surface area contributed by atoms with E-state index in [-0.39, 0.29) is 0 Å². The summed E-state index contributed by atoms with van der Waals surface area (Å²) in [7, 11) is 0. The van der Waals surface area contributed by atoms with Gasteiger partial charge >= 0.3 is 0 Å². The fourth-order valence-corrected chi connectivity index (χ4v) is 2.41. The molecule has 21 heavy (non-hydrogen) atoms. The second kappa shape index (κ2) is 8.20. The van der Waals surface area contributed by atoms with Gasteiger partial charge in [-0.25, -0.2) is 0 Å². The van der Waals surface area contributed by atoms with Gasteiger partial charge < -0.3 is 10.1 Å². The molecule has 0 aliphatic rings. The predicted octanol–water partition coefficient (Wildman–Crippen LogP) is 4.57. The summed E-state index contributed by atoms with van der Waals surface area (Å²) in [5.41, 5.74) is 2.53. The number of hydrogen-bond donors (Lipinski definition) is 1. The van der Waals surface area contributed by atoms with Crippen molar-refractivity contribution in [2.45, 2.75) is 32.9 Å². The molecule has 2 aromatic rings. The van der Waals surface area contributed by atoms with Gasteiger partial charge in [0.05, 0.1) is 6.61 Å². The fraction of sp³-hybridized carbons (Fsp3) is 0.333. The first-order valence-corrected chi connectivity index (χ1v) is 8.13. The molecule has 0 saturated carbocycles. The summed E-state index contributed by atoms with van der Waals surface area (Å²) in [5.74, 6) is 0.926. The second-order valence-corrected chi connectivity index (χ2v) is 6.23. The second-order valence-electron chi connectivity index (χ2n) is 5.37. The van der Waals surface area contributed by atoms with Crippen LogP contribution in [-0.2, 0) is 13.0 Å². The number of hydrogen-bond acceptors (Lipinski definition) is 2. The molecular formula is C18H22BrNO. The van der Waals surface area contributed by atoms with E-state index in [2.05, 4.69) is 71.5 Å². The summed E-state index contributed by atoms with van der Waals surface area (Å²) < 4.78 is 6.98. The average molecular weight is 348 g/mol. The van der Waals surface area contributed by atoms with Crippen LogP contribution in [0.4, 0.5) is 0 Å². The van der Waals surface area contributed by atoms with Crippen molar-refractivity contribution in [1.29, 1.82) is 0 Å². The van der Waals surface area contributed by atoms with Crippen molar-refractivity contribution in [3.05, 3.63) is 64.1 Å². The van der Waals surface area contributed by atoms with Gasteiger partial charge in [-0.3, -0.25) is 0 Å². The van der Waals surface area contributed by atoms with E-state index in [4.69, 9.17) is 4.74 Å². The van der Waals surface area contributed by atoms with E-state index in [1.54, 1.807) is 0 Å². The molecule has 0 heterocycles. The molecule has 3 heteroatoms. The summed E-state index contributed by atoms with van der Waals surface area (Å²) >= 11 is 3.59. The Morgan fingerprint density at radius 1 is 1.10 bits per heavy atom. The van der Waals surface area contributed by atoms with Crippen molar-refractivity contribution in [2.24, 2.45) is 0 Å². The van der Waals surface area contributed by atoms with Crippen molar-refractivity contribution >= 4 is 15.9 Å². The lowest BCUT2D eigenvalue weighted by atomic mass is 10.2. The van der Waals surface area contributed by atoms with Crippen LogP contribution in [0.15, 0.2) is 53.0 Å². The molecule has 0 saturated heterocycles. The Morgan fingerprint density at radius 3 is 2.57 bits per heavy atom. The van der Waals surface area contributed by atoms with Gasteiger partial charge in [-0.2, -0.15) is 0 Å². The first-order valence-electron chi connectivity index (χ1n) is 7.33. The maximum Gasteiger partial charge on any atom is 0.119 e. The van der Waals surface area contributed by atoms with Gasteiger partial charge in [0.15, 0.2) is 0 Å². The molecule has 0 bridgehead atoms. The van der Waals surface area contributed by atoms with E-state index in [0.29, 0.717) is 12.6 Å². The molecule has 112 valence electrons. The van der Waals surface area contributed by atoms with Crippen LogP contribution in [0.1, 0.15) is 25.0 Å². The van der Waals surface area contributed by atoms with Crippen LogP contribution >= 0.6 is 15.9 Å². The molecule has 0 radical (unpaired) electrons. The Hall–Kier alpha value is -1.32. The monoisotopic (exact) mass is 347 g/mol. The molecule has 0 aliphatic heterocycles. The third-order valence-electron chi connectivity index (χ3n) is 3.22. The fourth-order valence-electron chi connectivity index (χ4n) is 2.02. The zero-order valence-electron chi connectivity index (χ0n) is 12.6. The van der Waals surface area contributed by atoms with E-state index in [0.717, 1.165) is 23.2 Å². The highest BCUT2D eigenvalue weighted by molar-refractivity contribution is 9.10. The molecule has 1 N–H and O–H groups in total. The van der Waals surface area contributed by atoms with E-state index < -0.39 is 0 Å². The summed E-state index contributed by atoms with van der Waals surface area (Å²) in [5, 5.41) is 3.43. The Morgan fingerprint density at radius 2 is 1.86 bits per heavy atom. The topological polar surface area (TPSA) is 21.3 Å². The maximum atomic E-state index is 5.86. The first kappa shape index (κ1) is 16.1. The lowest BCUT2D eigenvalue weighted by Gasteiger charge is -2.12. The quantitative estimate of drug-likeness (QED) is 0.792. The SMILES string of the molecule is CC(C)NCc1cc(OCCc2ccccc2)ccc1Br. The highest BCUT2D eigenvalue weighted by atomic mass is 79.9. The van der Waals surface area contributed by atoms with Gasteiger partial charge in [-0.1, -0.05) is 60.1 Å². The third kappa shape index (κ3) is 5.52. The molecule has 2 rings (SSSR count). The molecular weight excluding hydrogens is 326 g/mol. The zero-order valence-corrected chi connectivity index (χ0v) is 14.2. The highest BCUT2D eigenvalue weighted by Crippen LogP contribution is 2.23. The zero-order chi connectivity index (χ0) is 15.1. The van der Waals surface area contributed by atoms with Crippen molar-refractivity contribution in [2.75, 3.05) is 6.61 Å². The van der Waals surface area contributed by atoms with Crippen LogP contribution in [0, 0.1) is 0 Å². The Balaban J connectivity index is 1.89. The minimum absolute atomic E-state index is 0.472. The summed E-state index contributed by atoms with van der Waals surface area (Å²) in [4.78, 5) is 0. The molecule has 2 nitrogen and oxygen atoms in total. The minimum atomic E-state index is 0.472. The Labute approximate surface area is 135 Å². The van der Waals surface area contributed by atoms with Crippen LogP contribution in [0.25, 0.3) is 0 Å². The van der Waals surface area contributed by atoms with Gasteiger partial charge in [-0.15, -0.1) is 0 Å². The molecule has 0 atom stereocenters. The molecule has 0 spiro atoms. The van der Waals surface area contributed by atoms with Crippen molar-refractivity contribution in [3.63, 3.8) is 0 Å². The maximum absolute atomic E-state index is 5.86. The van der Waals surface area contributed by atoms with Gasteiger partial charge in [0, 0.05) is 23.5 Å². The summed E-state index contributed by atoms with van der Waals surface area (Å²) in [6, 6.07) is 17.0. The number of benzene rings is 2. The molecule has 0 unspecified atom stereocenters. The summed E-state index contributed by atoms with van der Waals surface area (Å²) in [6.07, 6.45) is 0.927. The third-order valence-corrected chi connectivity index (χ3v) is 3.99. The van der Waals surface area contributed by atoms with Crippen LogP contribution in [0.2, 0.25) is 0 Å². The van der Waals surface area contributed by atoms with E-state index in [1.165, 1.54) is 11.1 Å². The van der Waals surface area contributed by atoms with Gasteiger partial charge in [-0.05, 0) is 29.3 Å². The lowest BCUT2D eigenvalue weighted by molar-refractivity contribution is 0.321. The standard InChI is InChI=1S/C18H22BrNO/c1-14(2)20-13-16-12-17(8-9-18(16)19)21-11-10-15-6-4-3-5-7-15/h3-9,12,14,20H,10-11,13H2,1-2H3. The Kier molecular flexibility index (Phi) is 6.27. The largest absolute Gasteiger partial charge is 0.493 e. The smallest absolute Gasteiger partial charge is 0.119 e. The number of ether oxygens (including phenoxy) is 1. The normalized spacial score (nSPS) is 10.9. The van der Waals surface area contributed by atoms with E-state index >= 15 is 0 Å². The predicted molar refractivity (Wildman–Crippen MR) is 91.8 cm³/mol. The minimum Gasteiger partial charge on any atom is -0.493 e. The highest BCUT2D eigenvalue weighted by Gasteiger charge is 2.04. The first-order chi connectivity index (χ1) is 10.1. The Bertz CT molecular complexity index is 554. The van der Waals surface area contributed by atoms with Gasteiger partial charge in [0.1, 0.15) is 5.75 Å². The van der Waals surface area contributed by atoms with Crippen molar-refractivity contribution in [3.8, 4) is 5.75 Å². The van der Waals surface area contributed by atoms with Crippen molar-refractivity contribution in [1.82, 2.24) is 5.32 Å². The van der Waals surface area contributed by atoms with E-state index in [1.807, 2.05) is 12.1 Å². The summed E-state index contributed by atoms with van der Waals surface area (Å²) in [6.45, 7) is 5.83.